The van der Waals surface area contributed by atoms with Crippen LogP contribution < -0.4 is 0 Å². The van der Waals surface area contributed by atoms with Crippen LogP contribution in [0.15, 0.2) is 23.5 Å². The number of carboxylic acids is 1. The Morgan fingerprint density at radius 2 is 2.19 bits per heavy atom. The maximum atomic E-state index is 10.7. The predicted molar refractivity (Wildman–Crippen MR) is 81.2 cm³/mol. The van der Waals surface area contributed by atoms with Gasteiger partial charge < -0.3 is 9.67 Å². The second kappa shape index (κ2) is 6.71. The molecule has 0 aromatic carbocycles. The number of hydrogen-bond acceptors (Lipinski definition) is 5. The van der Waals surface area contributed by atoms with Gasteiger partial charge in [0.15, 0.2) is 11.0 Å². The Labute approximate surface area is 127 Å². The third-order valence-electron chi connectivity index (χ3n) is 2.84. The van der Waals surface area contributed by atoms with Crippen LogP contribution in [0.1, 0.15) is 19.5 Å². The molecule has 0 unspecified atom stereocenters. The van der Waals surface area contributed by atoms with Crippen molar-refractivity contribution in [2.24, 2.45) is 5.92 Å². The fraction of sp³-hybridized carbons (Fsp3) is 0.429. The summed E-state index contributed by atoms with van der Waals surface area (Å²) < 4.78 is 1.97. The highest BCUT2D eigenvalue weighted by molar-refractivity contribution is 7.99. The minimum absolute atomic E-state index is 0.0255. The molecular formula is C14H18N4O2S. The molecule has 0 saturated heterocycles. The van der Waals surface area contributed by atoms with Gasteiger partial charge in [0.1, 0.15) is 0 Å². The first-order valence-electron chi connectivity index (χ1n) is 6.68. The van der Waals surface area contributed by atoms with Gasteiger partial charge in [0.2, 0.25) is 0 Å². The van der Waals surface area contributed by atoms with Gasteiger partial charge in [0.25, 0.3) is 0 Å². The van der Waals surface area contributed by atoms with Crippen molar-refractivity contribution >= 4 is 17.7 Å². The van der Waals surface area contributed by atoms with E-state index < -0.39 is 5.97 Å². The van der Waals surface area contributed by atoms with Crippen LogP contribution in [0.25, 0.3) is 11.4 Å². The third kappa shape index (κ3) is 3.81. The van der Waals surface area contributed by atoms with Gasteiger partial charge in [-0.2, -0.15) is 0 Å². The molecule has 0 radical (unpaired) electrons. The number of rotatable bonds is 6. The van der Waals surface area contributed by atoms with Gasteiger partial charge in [0.05, 0.1) is 5.75 Å². The second-order valence-corrected chi connectivity index (χ2v) is 6.07. The maximum Gasteiger partial charge on any atom is 0.313 e. The first kappa shape index (κ1) is 15.5. The smallest absolute Gasteiger partial charge is 0.313 e. The average Bonchev–Trinajstić information content (AvgIpc) is 2.79. The van der Waals surface area contributed by atoms with Crippen LogP contribution in [0.3, 0.4) is 0 Å². The van der Waals surface area contributed by atoms with Crippen LogP contribution in [-0.4, -0.2) is 36.6 Å². The molecule has 0 fully saturated rings. The highest BCUT2D eigenvalue weighted by Gasteiger charge is 2.17. The monoisotopic (exact) mass is 306 g/mol. The van der Waals surface area contributed by atoms with Crippen molar-refractivity contribution in [3.05, 3.63) is 24.0 Å². The molecule has 0 aliphatic carbocycles. The number of thioether (sulfide) groups is 1. The molecule has 1 N–H and O–H groups in total. The van der Waals surface area contributed by atoms with E-state index in [9.17, 15) is 4.79 Å². The van der Waals surface area contributed by atoms with E-state index in [1.54, 1.807) is 6.20 Å². The quantitative estimate of drug-likeness (QED) is 0.826. The molecule has 6 nitrogen and oxygen atoms in total. The summed E-state index contributed by atoms with van der Waals surface area (Å²) in [6.07, 6.45) is 1.74. The van der Waals surface area contributed by atoms with Crippen molar-refractivity contribution in [2.75, 3.05) is 5.75 Å². The van der Waals surface area contributed by atoms with Gasteiger partial charge >= 0.3 is 5.97 Å². The van der Waals surface area contributed by atoms with Crippen molar-refractivity contribution in [1.82, 2.24) is 19.7 Å². The number of nitrogens with zero attached hydrogens (tertiary/aromatic N) is 4. The molecule has 112 valence electrons. The molecule has 0 aliphatic heterocycles. The Morgan fingerprint density at radius 1 is 1.43 bits per heavy atom. The summed E-state index contributed by atoms with van der Waals surface area (Å²) in [5.74, 6) is 0.253. The topological polar surface area (TPSA) is 80.9 Å². The number of pyridine rings is 1. The summed E-state index contributed by atoms with van der Waals surface area (Å²) in [5, 5.41) is 17.8. The number of carboxylic acid groups (broad SMARTS) is 1. The SMILES string of the molecule is Cc1ncccc1-c1nnc(SCC(=O)O)n1CC(C)C. The van der Waals surface area contributed by atoms with E-state index in [1.165, 1.54) is 11.8 Å². The zero-order valence-corrected chi connectivity index (χ0v) is 13.1. The maximum absolute atomic E-state index is 10.7. The zero-order chi connectivity index (χ0) is 15.4. The minimum atomic E-state index is -0.863. The van der Waals surface area contributed by atoms with Gasteiger partial charge in [-0.05, 0) is 25.0 Å². The molecule has 2 aromatic rings. The van der Waals surface area contributed by atoms with Gasteiger partial charge in [-0.25, -0.2) is 0 Å². The summed E-state index contributed by atoms with van der Waals surface area (Å²) in [4.78, 5) is 15.0. The standard InChI is InChI=1S/C14H18N4O2S/c1-9(2)7-18-13(11-5-4-6-15-10(11)3)16-17-14(18)21-8-12(19)20/h4-6,9H,7-8H2,1-3H3,(H,19,20). The number of aliphatic carboxylic acids is 1. The fourth-order valence-corrected chi connectivity index (χ4v) is 2.64. The number of aryl methyl sites for hydroxylation is 1. The Kier molecular flexibility index (Phi) is 4.95. The van der Waals surface area contributed by atoms with Crippen LogP contribution in [-0.2, 0) is 11.3 Å². The molecule has 0 bridgehead atoms. The van der Waals surface area contributed by atoms with E-state index >= 15 is 0 Å². The van der Waals surface area contributed by atoms with Crippen molar-refractivity contribution in [2.45, 2.75) is 32.5 Å². The lowest BCUT2D eigenvalue weighted by Gasteiger charge is -2.12. The molecule has 0 atom stereocenters. The summed E-state index contributed by atoms with van der Waals surface area (Å²) in [5.41, 5.74) is 1.80. The van der Waals surface area contributed by atoms with Gasteiger partial charge in [-0.1, -0.05) is 25.6 Å². The Morgan fingerprint density at radius 3 is 2.81 bits per heavy atom. The van der Waals surface area contributed by atoms with Crippen LogP contribution in [0.5, 0.6) is 0 Å². The van der Waals surface area contributed by atoms with E-state index in [4.69, 9.17) is 5.11 Å². The molecule has 2 aromatic heterocycles. The number of carbonyl (C=O) groups is 1. The molecule has 0 saturated carbocycles. The molecule has 0 spiro atoms. The van der Waals surface area contributed by atoms with E-state index in [0.717, 1.165) is 23.6 Å². The molecule has 0 amide bonds. The summed E-state index contributed by atoms with van der Waals surface area (Å²) in [6, 6.07) is 3.82. The predicted octanol–water partition coefficient (Wildman–Crippen LogP) is 2.48. The van der Waals surface area contributed by atoms with Crippen molar-refractivity contribution in [3.63, 3.8) is 0 Å². The Bertz CT molecular complexity index is 640. The first-order chi connectivity index (χ1) is 9.99. The molecule has 7 heteroatoms. The largest absolute Gasteiger partial charge is 0.481 e. The summed E-state index contributed by atoms with van der Waals surface area (Å²) in [6.45, 7) is 6.86. The van der Waals surface area contributed by atoms with Crippen molar-refractivity contribution < 1.29 is 9.90 Å². The normalized spacial score (nSPS) is 11.0. The molecule has 2 heterocycles. The van der Waals surface area contributed by atoms with Gasteiger partial charge in [0, 0.05) is 24.0 Å². The van der Waals surface area contributed by atoms with E-state index in [-0.39, 0.29) is 5.75 Å². The number of aromatic nitrogens is 4. The van der Waals surface area contributed by atoms with E-state index in [1.807, 2.05) is 23.6 Å². The highest BCUT2D eigenvalue weighted by Crippen LogP contribution is 2.26. The zero-order valence-electron chi connectivity index (χ0n) is 12.3. The van der Waals surface area contributed by atoms with Crippen molar-refractivity contribution in [3.8, 4) is 11.4 Å². The van der Waals surface area contributed by atoms with Crippen LogP contribution >= 0.6 is 11.8 Å². The second-order valence-electron chi connectivity index (χ2n) is 5.13. The lowest BCUT2D eigenvalue weighted by molar-refractivity contribution is -0.133. The Balaban J connectivity index is 2.41. The van der Waals surface area contributed by atoms with Gasteiger partial charge in [-0.15, -0.1) is 10.2 Å². The van der Waals surface area contributed by atoms with Crippen LogP contribution in [0.2, 0.25) is 0 Å². The van der Waals surface area contributed by atoms with Crippen molar-refractivity contribution in [1.29, 1.82) is 0 Å². The lowest BCUT2D eigenvalue weighted by Crippen LogP contribution is -2.09. The highest BCUT2D eigenvalue weighted by atomic mass is 32.2. The van der Waals surface area contributed by atoms with E-state index in [2.05, 4.69) is 29.0 Å². The molecule has 21 heavy (non-hydrogen) atoms. The number of hydrogen-bond donors (Lipinski definition) is 1. The average molecular weight is 306 g/mol. The molecule has 2 rings (SSSR count). The molecule has 0 aliphatic rings. The van der Waals surface area contributed by atoms with Crippen LogP contribution in [0, 0.1) is 12.8 Å². The molecular weight excluding hydrogens is 288 g/mol. The third-order valence-corrected chi connectivity index (χ3v) is 3.79. The fourth-order valence-electron chi connectivity index (χ4n) is 1.97. The van der Waals surface area contributed by atoms with Crippen LogP contribution in [0.4, 0.5) is 0 Å². The first-order valence-corrected chi connectivity index (χ1v) is 7.67. The summed E-state index contributed by atoms with van der Waals surface area (Å²) in [7, 11) is 0. The lowest BCUT2D eigenvalue weighted by atomic mass is 10.2. The minimum Gasteiger partial charge on any atom is -0.481 e. The van der Waals surface area contributed by atoms with E-state index in [0.29, 0.717) is 11.1 Å². The summed E-state index contributed by atoms with van der Waals surface area (Å²) >= 11 is 1.19. The van der Waals surface area contributed by atoms with Gasteiger partial charge in [-0.3, -0.25) is 9.78 Å². The Hall–Kier alpha value is -1.89.